The molecule has 0 unspecified atom stereocenters. The van der Waals surface area contributed by atoms with Crippen LogP contribution in [0, 0.1) is 10.1 Å². The summed E-state index contributed by atoms with van der Waals surface area (Å²) in [6.45, 7) is 1.55. The molecular formula is C20H20ClN3O5. The molecule has 1 heterocycles. The second-order valence-electron chi connectivity index (χ2n) is 6.65. The lowest BCUT2D eigenvalue weighted by Gasteiger charge is -2.30. The van der Waals surface area contributed by atoms with Gasteiger partial charge in [-0.3, -0.25) is 14.9 Å². The number of esters is 1. The molecule has 3 rings (SSSR count). The van der Waals surface area contributed by atoms with E-state index in [1.54, 1.807) is 6.07 Å². The first kappa shape index (κ1) is 20.6. The van der Waals surface area contributed by atoms with Crippen molar-refractivity contribution in [2.75, 3.05) is 30.4 Å². The van der Waals surface area contributed by atoms with Crippen LogP contribution in [-0.4, -0.2) is 37.0 Å². The van der Waals surface area contributed by atoms with Crippen LogP contribution in [0.15, 0.2) is 36.4 Å². The Morgan fingerprint density at radius 2 is 1.86 bits per heavy atom. The number of hydrogen-bond donors (Lipinski definition) is 1. The zero-order valence-electron chi connectivity index (χ0n) is 15.8. The average Bonchev–Trinajstić information content (AvgIpc) is 2.74. The highest BCUT2D eigenvalue weighted by molar-refractivity contribution is 6.34. The summed E-state index contributed by atoms with van der Waals surface area (Å²) in [4.78, 5) is 37.5. The van der Waals surface area contributed by atoms with Crippen molar-refractivity contribution in [3.63, 3.8) is 0 Å². The van der Waals surface area contributed by atoms with E-state index in [9.17, 15) is 19.7 Å². The van der Waals surface area contributed by atoms with Crippen LogP contribution in [-0.2, 0) is 4.74 Å². The van der Waals surface area contributed by atoms with Crippen molar-refractivity contribution >= 4 is 40.5 Å². The summed E-state index contributed by atoms with van der Waals surface area (Å²) in [7, 11) is 1.25. The fourth-order valence-corrected chi connectivity index (χ4v) is 3.45. The minimum atomic E-state index is -0.568. The molecule has 8 nitrogen and oxygen atoms in total. The van der Waals surface area contributed by atoms with Crippen LogP contribution in [0.4, 0.5) is 17.1 Å². The van der Waals surface area contributed by atoms with Crippen LogP contribution in [0.2, 0.25) is 5.02 Å². The molecular weight excluding hydrogens is 398 g/mol. The molecule has 1 amide bonds. The molecule has 1 fully saturated rings. The predicted octanol–water partition coefficient (Wildman–Crippen LogP) is 4.28. The van der Waals surface area contributed by atoms with E-state index in [0.717, 1.165) is 32.4 Å². The second-order valence-corrected chi connectivity index (χ2v) is 7.05. The first-order valence-corrected chi connectivity index (χ1v) is 9.51. The number of nitro benzene ring substituents is 1. The van der Waals surface area contributed by atoms with Crippen molar-refractivity contribution in [2.24, 2.45) is 0 Å². The standard InChI is InChI=1S/C20H20ClN3O5/c1-29-20(26)13-5-7-16(21)17(11-13)22-19(25)15-12-14(24(27)28)6-8-18(15)23-9-3-2-4-10-23/h5-8,11-12H,2-4,9-10H2,1H3,(H,22,25). The number of hydrogen-bond acceptors (Lipinski definition) is 6. The van der Waals surface area contributed by atoms with Gasteiger partial charge in [0.05, 0.1) is 39.6 Å². The maximum atomic E-state index is 13.0. The number of carbonyl (C=O) groups excluding carboxylic acids is 2. The summed E-state index contributed by atoms with van der Waals surface area (Å²) < 4.78 is 4.68. The van der Waals surface area contributed by atoms with E-state index >= 15 is 0 Å². The molecule has 1 aliphatic heterocycles. The third-order valence-corrected chi connectivity index (χ3v) is 5.10. The summed E-state index contributed by atoms with van der Waals surface area (Å²) in [6.07, 6.45) is 3.09. The van der Waals surface area contributed by atoms with Crippen LogP contribution in [0.1, 0.15) is 40.0 Å². The number of carbonyl (C=O) groups is 2. The van der Waals surface area contributed by atoms with Crippen LogP contribution in [0.25, 0.3) is 0 Å². The van der Waals surface area contributed by atoms with Gasteiger partial charge in [0, 0.05) is 25.2 Å². The maximum Gasteiger partial charge on any atom is 0.337 e. The lowest BCUT2D eigenvalue weighted by atomic mass is 10.1. The molecule has 9 heteroatoms. The highest BCUT2D eigenvalue weighted by Crippen LogP contribution is 2.30. The Kier molecular flexibility index (Phi) is 6.33. The van der Waals surface area contributed by atoms with Gasteiger partial charge >= 0.3 is 5.97 Å². The van der Waals surface area contributed by atoms with E-state index in [4.69, 9.17) is 11.6 Å². The number of piperidine rings is 1. The van der Waals surface area contributed by atoms with Gasteiger partial charge in [-0.1, -0.05) is 11.6 Å². The Bertz CT molecular complexity index is 957. The van der Waals surface area contributed by atoms with Gasteiger partial charge in [-0.15, -0.1) is 0 Å². The van der Waals surface area contributed by atoms with E-state index in [0.29, 0.717) is 5.69 Å². The molecule has 2 aromatic carbocycles. The molecule has 0 saturated carbocycles. The first-order valence-electron chi connectivity index (χ1n) is 9.13. The molecule has 0 atom stereocenters. The topological polar surface area (TPSA) is 102 Å². The Morgan fingerprint density at radius 1 is 1.14 bits per heavy atom. The number of anilines is 2. The number of nitrogens with one attached hydrogen (secondary N) is 1. The predicted molar refractivity (Wildman–Crippen MR) is 110 cm³/mol. The summed E-state index contributed by atoms with van der Waals surface area (Å²) in [5.41, 5.74) is 1.08. The number of nitro groups is 1. The Morgan fingerprint density at radius 3 is 2.52 bits per heavy atom. The third-order valence-electron chi connectivity index (χ3n) is 4.77. The first-order chi connectivity index (χ1) is 13.9. The Balaban J connectivity index is 1.96. The fraction of sp³-hybridized carbons (Fsp3) is 0.300. The Labute approximate surface area is 172 Å². The molecule has 0 spiro atoms. The largest absolute Gasteiger partial charge is 0.465 e. The second kappa shape index (κ2) is 8.91. The zero-order valence-corrected chi connectivity index (χ0v) is 16.6. The quantitative estimate of drug-likeness (QED) is 0.442. The number of rotatable bonds is 5. The highest BCUT2D eigenvalue weighted by atomic mass is 35.5. The summed E-state index contributed by atoms with van der Waals surface area (Å²) >= 11 is 6.16. The fourth-order valence-electron chi connectivity index (χ4n) is 3.29. The monoisotopic (exact) mass is 417 g/mol. The minimum Gasteiger partial charge on any atom is -0.465 e. The molecule has 0 aromatic heterocycles. The number of methoxy groups -OCH3 is 1. The molecule has 152 valence electrons. The average molecular weight is 418 g/mol. The van der Waals surface area contributed by atoms with Crippen LogP contribution >= 0.6 is 11.6 Å². The number of non-ortho nitro benzene ring substituents is 1. The minimum absolute atomic E-state index is 0.176. The number of benzene rings is 2. The third kappa shape index (κ3) is 4.65. The van der Waals surface area contributed by atoms with E-state index in [2.05, 4.69) is 15.0 Å². The van der Waals surface area contributed by atoms with Crippen LogP contribution in [0.3, 0.4) is 0 Å². The van der Waals surface area contributed by atoms with Crippen molar-refractivity contribution in [1.29, 1.82) is 0 Å². The summed E-state index contributed by atoms with van der Waals surface area (Å²) in [5, 5.41) is 14.1. The summed E-state index contributed by atoms with van der Waals surface area (Å²) in [5.74, 6) is -1.11. The van der Waals surface area contributed by atoms with Gasteiger partial charge in [0.15, 0.2) is 0 Å². The van der Waals surface area contributed by atoms with E-state index in [1.807, 2.05) is 0 Å². The number of halogens is 1. The van der Waals surface area contributed by atoms with Gasteiger partial charge < -0.3 is 15.0 Å². The van der Waals surface area contributed by atoms with Crippen molar-refractivity contribution in [2.45, 2.75) is 19.3 Å². The smallest absolute Gasteiger partial charge is 0.337 e. The normalized spacial score (nSPS) is 13.7. The van der Waals surface area contributed by atoms with E-state index < -0.39 is 16.8 Å². The lowest BCUT2D eigenvalue weighted by Crippen LogP contribution is -2.31. The highest BCUT2D eigenvalue weighted by Gasteiger charge is 2.23. The molecule has 2 aromatic rings. The molecule has 0 aliphatic carbocycles. The van der Waals surface area contributed by atoms with E-state index in [-0.39, 0.29) is 27.5 Å². The van der Waals surface area contributed by atoms with Crippen molar-refractivity contribution in [3.8, 4) is 0 Å². The van der Waals surface area contributed by atoms with E-state index in [1.165, 1.54) is 37.4 Å². The molecule has 29 heavy (non-hydrogen) atoms. The van der Waals surface area contributed by atoms with Gasteiger partial charge in [0.1, 0.15) is 0 Å². The van der Waals surface area contributed by atoms with Crippen LogP contribution < -0.4 is 10.2 Å². The SMILES string of the molecule is COC(=O)c1ccc(Cl)c(NC(=O)c2cc([N+](=O)[O-])ccc2N2CCCCC2)c1. The lowest BCUT2D eigenvalue weighted by molar-refractivity contribution is -0.384. The van der Waals surface area contributed by atoms with Gasteiger partial charge in [0.25, 0.3) is 11.6 Å². The molecule has 1 N–H and O–H groups in total. The van der Waals surface area contributed by atoms with Gasteiger partial charge in [-0.25, -0.2) is 4.79 Å². The zero-order chi connectivity index (χ0) is 21.0. The van der Waals surface area contributed by atoms with Gasteiger partial charge in [-0.2, -0.15) is 0 Å². The number of nitrogens with zero attached hydrogens (tertiary/aromatic N) is 2. The number of ether oxygens (including phenoxy) is 1. The molecule has 1 aliphatic rings. The number of amides is 1. The molecule has 0 radical (unpaired) electrons. The molecule has 0 bridgehead atoms. The van der Waals surface area contributed by atoms with Crippen molar-refractivity contribution in [1.82, 2.24) is 0 Å². The van der Waals surface area contributed by atoms with Gasteiger partial charge in [0.2, 0.25) is 0 Å². The molecule has 1 saturated heterocycles. The maximum absolute atomic E-state index is 13.0. The van der Waals surface area contributed by atoms with Crippen LogP contribution in [0.5, 0.6) is 0 Å². The van der Waals surface area contributed by atoms with Gasteiger partial charge in [-0.05, 0) is 43.5 Å². The van der Waals surface area contributed by atoms with Crippen molar-refractivity contribution in [3.05, 3.63) is 62.7 Å². The van der Waals surface area contributed by atoms with Crippen molar-refractivity contribution < 1.29 is 19.2 Å². The Hall–Kier alpha value is -3.13. The summed E-state index contributed by atoms with van der Waals surface area (Å²) in [6, 6.07) is 8.62.